The quantitative estimate of drug-likeness (QED) is 0.672. The van der Waals surface area contributed by atoms with E-state index in [9.17, 15) is 13.0 Å². The van der Waals surface area contributed by atoms with Crippen molar-refractivity contribution >= 4 is 21.0 Å². The maximum Gasteiger partial charge on any atom is 0.281 e. The smallest absolute Gasteiger partial charge is 0.281 e. The van der Waals surface area contributed by atoms with Crippen LogP contribution in [-0.2, 0) is 16.5 Å². The van der Waals surface area contributed by atoms with Crippen LogP contribution in [0, 0.1) is 11.8 Å². The summed E-state index contributed by atoms with van der Waals surface area (Å²) in [6.07, 6.45) is 6.15. The van der Waals surface area contributed by atoms with Gasteiger partial charge in [-0.15, -0.1) is 6.58 Å². The molecule has 5 nitrogen and oxygen atoms in total. The molecule has 1 N–H and O–H groups in total. The van der Waals surface area contributed by atoms with E-state index in [0.717, 1.165) is 30.2 Å². The van der Waals surface area contributed by atoms with Crippen molar-refractivity contribution in [2.24, 2.45) is 11.8 Å². The fraction of sp³-hybridized carbons (Fsp3) is 0.421. The highest BCUT2D eigenvalue weighted by Gasteiger charge is 2.50. The third kappa shape index (κ3) is 2.88. The topological polar surface area (TPSA) is 70.5 Å². The van der Waals surface area contributed by atoms with Crippen molar-refractivity contribution in [2.45, 2.75) is 30.7 Å². The lowest BCUT2D eigenvalue weighted by Gasteiger charge is -2.53. The van der Waals surface area contributed by atoms with Crippen molar-refractivity contribution in [3.63, 3.8) is 0 Å². The molecule has 3 aliphatic heterocycles. The monoisotopic (exact) mass is 358 g/mol. The molecule has 2 aromatic rings. The van der Waals surface area contributed by atoms with Gasteiger partial charge in [0.05, 0.1) is 5.52 Å². The van der Waals surface area contributed by atoms with Crippen molar-refractivity contribution in [3.8, 4) is 0 Å². The highest BCUT2D eigenvalue weighted by molar-refractivity contribution is 7.86. The molecule has 5 atom stereocenters. The number of nitrogens with zero attached hydrogens (tertiary/aromatic N) is 2. The first-order valence-electron chi connectivity index (χ1n) is 8.66. The standard InChI is InChI=1S/C19H22N2O3S/c1-2-16-14-8-10-21(19(16)25(22,23)24)15(12-14)11-13-7-9-20-18-6-4-3-5-17(13)18/h2-7,9,14-16,19H,1,8,10-12H2,(H,22,23,24)/t14-,15-,16-,19?/m0/s1. The Morgan fingerprint density at radius 3 is 2.88 bits per heavy atom. The van der Waals surface area contributed by atoms with Gasteiger partial charge in [-0.2, -0.15) is 8.42 Å². The van der Waals surface area contributed by atoms with E-state index in [1.54, 1.807) is 12.3 Å². The Labute approximate surface area is 148 Å². The van der Waals surface area contributed by atoms with Gasteiger partial charge >= 0.3 is 0 Å². The number of pyridine rings is 1. The predicted octanol–water partition coefficient (Wildman–Crippen LogP) is 2.89. The van der Waals surface area contributed by atoms with E-state index in [1.165, 1.54) is 5.56 Å². The molecule has 2 bridgehead atoms. The van der Waals surface area contributed by atoms with Gasteiger partial charge in [-0.3, -0.25) is 14.4 Å². The van der Waals surface area contributed by atoms with Crippen molar-refractivity contribution < 1.29 is 13.0 Å². The first-order valence-corrected chi connectivity index (χ1v) is 10.2. The van der Waals surface area contributed by atoms with Crippen LogP contribution in [0.1, 0.15) is 18.4 Å². The van der Waals surface area contributed by atoms with E-state index < -0.39 is 15.5 Å². The summed E-state index contributed by atoms with van der Waals surface area (Å²) in [6.45, 7) is 4.51. The molecule has 2 unspecified atom stereocenters. The normalized spacial score (nSPS) is 32.0. The third-order valence-corrected chi connectivity index (χ3v) is 6.97. The van der Waals surface area contributed by atoms with Crippen LogP contribution in [0.2, 0.25) is 0 Å². The van der Waals surface area contributed by atoms with Crippen LogP contribution in [0.4, 0.5) is 0 Å². The molecule has 3 saturated heterocycles. The third-order valence-electron chi connectivity index (χ3n) is 5.77. The fourth-order valence-electron chi connectivity index (χ4n) is 4.70. The molecule has 1 aromatic carbocycles. The first-order chi connectivity index (χ1) is 12.0. The van der Waals surface area contributed by atoms with Crippen molar-refractivity contribution in [1.82, 2.24) is 9.88 Å². The highest BCUT2D eigenvalue weighted by Crippen LogP contribution is 2.44. The van der Waals surface area contributed by atoms with Gasteiger partial charge in [0.1, 0.15) is 5.37 Å². The number of hydrogen-bond acceptors (Lipinski definition) is 4. The minimum atomic E-state index is -4.14. The average molecular weight is 358 g/mol. The molecule has 4 heterocycles. The van der Waals surface area contributed by atoms with Crippen molar-refractivity contribution in [2.75, 3.05) is 6.54 Å². The Hall–Kier alpha value is -1.76. The Balaban J connectivity index is 1.69. The maximum atomic E-state index is 12.0. The fourth-order valence-corrected chi connectivity index (χ4v) is 6.05. The van der Waals surface area contributed by atoms with E-state index in [-0.39, 0.29) is 17.9 Å². The molecule has 1 aromatic heterocycles. The summed E-state index contributed by atoms with van der Waals surface area (Å²) in [7, 11) is -4.14. The van der Waals surface area contributed by atoms with E-state index >= 15 is 0 Å². The second-order valence-electron chi connectivity index (χ2n) is 7.09. The van der Waals surface area contributed by atoms with Crippen LogP contribution >= 0.6 is 0 Å². The molecule has 0 spiro atoms. The summed E-state index contributed by atoms with van der Waals surface area (Å²) in [6, 6.07) is 10.1. The zero-order chi connectivity index (χ0) is 17.6. The molecule has 0 amide bonds. The second kappa shape index (κ2) is 6.20. The molecule has 132 valence electrons. The SMILES string of the molecule is C=C[C@@H]1C(S(=O)(=O)O)N2CC[C@H]1C[C@@H]2Cc1ccnc2ccccc12. The molecular weight excluding hydrogens is 336 g/mol. The van der Waals surface area contributed by atoms with Crippen LogP contribution in [-0.4, -0.2) is 40.8 Å². The van der Waals surface area contributed by atoms with Crippen LogP contribution in [0.25, 0.3) is 10.9 Å². The lowest BCUT2D eigenvalue weighted by Crippen LogP contribution is -2.62. The van der Waals surface area contributed by atoms with Gasteiger partial charge in [0, 0.05) is 30.1 Å². The summed E-state index contributed by atoms with van der Waals surface area (Å²) in [5.74, 6) is 0.0571. The Bertz CT molecular complexity index is 907. The van der Waals surface area contributed by atoms with E-state index in [0.29, 0.717) is 6.54 Å². The molecule has 3 aliphatic rings. The number of rotatable bonds is 4. The minimum absolute atomic E-state index is 0.104. The van der Waals surface area contributed by atoms with Gasteiger partial charge in [0.25, 0.3) is 10.1 Å². The predicted molar refractivity (Wildman–Crippen MR) is 97.7 cm³/mol. The van der Waals surface area contributed by atoms with Gasteiger partial charge in [-0.05, 0) is 42.9 Å². The van der Waals surface area contributed by atoms with Gasteiger partial charge in [-0.25, -0.2) is 0 Å². The largest absolute Gasteiger partial charge is 0.284 e. The maximum absolute atomic E-state index is 12.0. The minimum Gasteiger partial charge on any atom is -0.284 e. The number of para-hydroxylation sites is 1. The number of benzene rings is 1. The van der Waals surface area contributed by atoms with E-state index in [4.69, 9.17) is 0 Å². The van der Waals surface area contributed by atoms with Crippen molar-refractivity contribution in [1.29, 1.82) is 0 Å². The number of piperidine rings is 3. The van der Waals surface area contributed by atoms with E-state index in [2.05, 4.69) is 17.6 Å². The molecule has 0 aliphatic carbocycles. The molecular formula is C19H22N2O3S. The van der Waals surface area contributed by atoms with Gasteiger partial charge in [-0.1, -0.05) is 24.3 Å². The highest BCUT2D eigenvalue weighted by atomic mass is 32.2. The van der Waals surface area contributed by atoms with Crippen molar-refractivity contribution in [3.05, 3.63) is 54.7 Å². The molecule has 6 heteroatoms. The van der Waals surface area contributed by atoms with Crippen LogP contribution < -0.4 is 0 Å². The lowest BCUT2D eigenvalue weighted by molar-refractivity contribution is -0.00359. The summed E-state index contributed by atoms with van der Waals surface area (Å²) < 4.78 is 33.8. The van der Waals surface area contributed by atoms with Gasteiger partial charge < -0.3 is 0 Å². The second-order valence-corrected chi connectivity index (χ2v) is 8.60. The Morgan fingerprint density at radius 2 is 2.12 bits per heavy atom. The van der Waals surface area contributed by atoms with Gasteiger partial charge in [0.2, 0.25) is 0 Å². The Morgan fingerprint density at radius 1 is 1.32 bits per heavy atom. The number of aromatic nitrogens is 1. The number of fused-ring (bicyclic) bond motifs is 4. The zero-order valence-corrected chi connectivity index (χ0v) is 14.8. The number of hydrogen-bond donors (Lipinski definition) is 1. The molecule has 0 radical (unpaired) electrons. The Kier molecular flexibility index (Phi) is 4.14. The van der Waals surface area contributed by atoms with Crippen LogP contribution in [0.5, 0.6) is 0 Å². The summed E-state index contributed by atoms with van der Waals surface area (Å²) in [4.78, 5) is 6.37. The average Bonchev–Trinajstić information content (AvgIpc) is 2.61. The molecule has 5 rings (SSSR count). The van der Waals surface area contributed by atoms with Crippen LogP contribution in [0.15, 0.2) is 49.2 Å². The van der Waals surface area contributed by atoms with E-state index in [1.807, 2.05) is 29.2 Å². The molecule has 3 fully saturated rings. The summed E-state index contributed by atoms with van der Waals surface area (Å²) in [5.41, 5.74) is 2.12. The van der Waals surface area contributed by atoms with Crippen LogP contribution in [0.3, 0.4) is 0 Å². The first kappa shape index (κ1) is 16.7. The van der Waals surface area contributed by atoms with Gasteiger partial charge in [0.15, 0.2) is 0 Å². The molecule has 0 saturated carbocycles. The summed E-state index contributed by atoms with van der Waals surface area (Å²) in [5, 5.41) is 0.243. The molecule has 25 heavy (non-hydrogen) atoms. The lowest BCUT2D eigenvalue weighted by atomic mass is 9.74. The summed E-state index contributed by atoms with van der Waals surface area (Å²) >= 11 is 0. The zero-order valence-electron chi connectivity index (χ0n) is 14.0.